The second kappa shape index (κ2) is 12.0. The van der Waals surface area contributed by atoms with Crippen LogP contribution in [0.1, 0.15) is 69.5 Å². The van der Waals surface area contributed by atoms with Crippen molar-refractivity contribution in [3.8, 4) is 44.5 Å². The largest absolute Gasteiger partial charge is 0.456 e. The van der Waals surface area contributed by atoms with E-state index in [-0.39, 0.29) is 5.41 Å². The summed E-state index contributed by atoms with van der Waals surface area (Å²) in [5.41, 5.74) is 26.0. The molecule has 0 unspecified atom stereocenters. The van der Waals surface area contributed by atoms with Gasteiger partial charge in [0, 0.05) is 16.2 Å². The van der Waals surface area contributed by atoms with E-state index < -0.39 is 0 Å². The monoisotopic (exact) mass is 724 g/mol. The number of hydrogen-bond donors (Lipinski definition) is 0. The summed E-state index contributed by atoms with van der Waals surface area (Å²) >= 11 is 0. The van der Waals surface area contributed by atoms with Gasteiger partial charge in [0.25, 0.3) is 0 Å². The first-order chi connectivity index (χ1) is 26.9. The van der Waals surface area contributed by atoms with Gasteiger partial charge in [-0.2, -0.15) is 0 Å². The minimum absolute atomic E-state index is 0.0839. The number of para-hydroxylation sites is 1. The third-order valence-electron chi connectivity index (χ3n) is 14.1. The summed E-state index contributed by atoms with van der Waals surface area (Å²) in [5.74, 6) is 0. The zero-order chi connectivity index (χ0) is 38.9. The topological polar surface area (TPSA) is 13.1 Å². The fourth-order valence-corrected chi connectivity index (χ4v) is 10.3. The second-order valence-corrected chi connectivity index (χ2v) is 17.1. The van der Waals surface area contributed by atoms with Crippen molar-refractivity contribution in [3.63, 3.8) is 0 Å². The van der Waals surface area contributed by atoms with Crippen molar-refractivity contribution in [1.82, 2.24) is 0 Å². The van der Waals surface area contributed by atoms with Crippen LogP contribution in [0.3, 0.4) is 0 Å². The summed E-state index contributed by atoms with van der Waals surface area (Å²) < 4.78 is 6.17. The lowest BCUT2D eigenvalue weighted by Crippen LogP contribution is -2.15. The molecular weight excluding hydrogens is 677 g/mol. The van der Waals surface area contributed by atoms with Gasteiger partial charge in [-0.25, -0.2) is 0 Å². The Labute approximate surface area is 330 Å². The van der Waals surface area contributed by atoms with Gasteiger partial charge >= 0.3 is 0 Å². The van der Waals surface area contributed by atoms with Crippen LogP contribution in [-0.4, -0.2) is 0 Å². The molecule has 0 radical (unpaired) electrons. The second-order valence-electron chi connectivity index (χ2n) is 17.1. The minimum Gasteiger partial charge on any atom is -0.456 e. The molecule has 1 aromatic heterocycles. The Morgan fingerprint density at radius 3 is 1.45 bits per heavy atom. The van der Waals surface area contributed by atoms with Crippen molar-refractivity contribution < 1.29 is 4.42 Å². The molecule has 8 aromatic carbocycles. The lowest BCUT2D eigenvalue weighted by Gasteiger charge is -2.28. The van der Waals surface area contributed by atoms with Crippen LogP contribution in [0.5, 0.6) is 0 Å². The molecule has 1 heteroatoms. The van der Waals surface area contributed by atoms with Crippen LogP contribution in [0.25, 0.3) is 88.0 Å². The molecule has 0 N–H and O–H groups in total. The molecule has 56 heavy (non-hydrogen) atoms. The third kappa shape index (κ3) is 4.61. The summed E-state index contributed by atoms with van der Waals surface area (Å²) in [6.45, 7) is 23.5. The normalized spacial score (nSPS) is 13.3. The maximum absolute atomic E-state index is 6.17. The molecule has 0 atom stereocenters. The molecule has 0 bridgehead atoms. The van der Waals surface area contributed by atoms with Gasteiger partial charge in [-0.3, -0.25) is 0 Å². The minimum atomic E-state index is -0.0839. The Morgan fingerprint density at radius 2 is 0.821 bits per heavy atom. The molecule has 0 saturated carbocycles. The van der Waals surface area contributed by atoms with Crippen molar-refractivity contribution in [3.05, 3.63) is 165 Å². The first-order valence-corrected chi connectivity index (χ1v) is 20.1. The first kappa shape index (κ1) is 34.6. The highest BCUT2D eigenvalue weighted by Crippen LogP contribution is 2.54. The predicted octanol–water partition coefficient (Wildman–Crippen LogP) is 15.7. The van der Waals surface area contributed by atoms with Gasteiger partial charge in [0.2, 0.25) is 0 Å². The maximum atomic E-state index is 6.17. The van der Waals surface area contributed by atoms with Gasteiger partial charge in [0.15, 0.2) is 0 Å². The average Bonchev–Trinajstić information content (AvgIpc) is 3.70. The molecule has 0 fully saturated rings. The van der Waals surface area contributed by atoms with E-state index in [4.69, 9.17) is 4.42 Å². The summed E-state index contributed by atoms with van der Waals surface area (Å²) in [6.07, 6.45) is 0. The molecule has 0 aliphatic heterocycles. The van der Waals surface area contributed by atoms with Crippen molar-refractivity contribution in [1.29, 1.82) is 0 Å². The number of furan rings is 1. The molecule has 1 heterocycles. The van der Waals surface area contributed by atoms with Crippen molar-refractivity contribution in [2.45, 2.75) is 74.7 Å². The lowest BCUT2D eigenvalue weighted by molar-refractivity contribution is 0.660. The maximum Gasteiger partial charge on any atom is 0.135 e. The molecule has 1 aliphatic rings. The van der Waals surface area contributed by atoms with Crippen LogP contribution in [0.15, 0.2) is 114 Å². The Morgan fingerprint density at radius 1 is 0.357 bits per heavy atom. The fraction of sp³-hybridized carbons (Fsp3) is 0.200. The van der Waals surface area contributed by atoms with E-state index in [0.717, 1.165) is 21.9 Å². The van der Waals surface area contributed by atoms with Crippen LogP contribution >= 0.6 is 0 Å². The fourth-order valence-electron chi connectivity index (χ4n) is 10.3. The van der Waals surface area contributed by atoms with Crippen LogP contribution in [0.2, 0.25) is 0 Å². The number of fused-ring (bicyclic) bond motifs is 8. The Kier molecular flexibility index (Phi) is 7.43. The zero-order valence-corrected chi connectivity index (χ0v) is 34.3. The highest BCUT2D eigenvalue weighted by atomic mass is 16.3. The highest BCUT2D eigenvalue weighted by molar-refractivity contribution is 6.25. The van der Waals surface area contributed by atoms with Gasteiger partial charge in [-0.15, -0.1) is 0 Å². The van der Waals surface area contributed by atoms with Crippen LogP contribution < -0.4 is 0 Å². The smallest absolute Gasteiger partial charge is 0.135 e. The molecular formula is C55H48O. The quantitative estimate of drug-likeness (QED) is 0.165. The Bertz CT molecular complexity index is 3080. The van der Waals surface area contributed by atoms with E-state index in [0.29, 0.717) is 0 Å². The number of benzene rings is 8. The van der Waals surface area contributed by atoms with Gasteiger partial charge in [-0.1, -0.05) is 98.8 Å². The van der Waals surface area contributed by atoms with Crippen LogP contribution in [0.4, 0.5) is 0 Å². The van der Waals surface area contributed by atoms with Gasteiger partial charge in [0.05, 0.1) is 0 Å². The van der Waals surface area contributed by atoms with Crippen molar-refractivity contribution in [2.75, 3.05) is 0 Å². The number of aryl methyl sites for hydroxylation is 4. The summed E-state index contributed by atoms with van der Waals surface area (Å²) in [5, 5.41) is 7.83. The van der Waals surface area contributed by atoms with Crippen molar-refractivity contribution >= 4 is 43.5 Å². The average molecular weight is 725 g/mol. The number of hydrogen-bond acceptors (Lipinski definition) is 1. The molecule has 9 aromatic rings. The van der Waals surface area contributed by atoms with E-state index in [2.05, 4.69) is 166 Å². The number of rotatable bonds is 3. The predicted molar refractivity (Wildman–Crippen MR) is 240 cm³/mol. The van der Waals surface area contributed by atoms with E-state index in [1.165, 1.54) is 122 Å². The standard InChI is InChI=1S/C55H48O/c1-29-31(3)35(7)51-49(33(29)5)53(38-21-19-37(20-22-38)39-24-26-48-44(27-39)43-16-12-14-18-47(43)56-48)50-34(6)30(2)32(4)36(8)52(50)54(51)40-23-25-42-41-15-11-13-17-45(41)55(9,10)46(42)28-40/h11-28H,1-10H3. The molecule has 0 spiro atoms. The van der Waals surface area contributed by atoms with E-state index in [1.807, 2.05) is 12.1 Å². The zero-order valence-electron chi connectivity index (χ0n) is 34.3. The summed E-state index contributed by atoms with van der Waals surface area (Å²) in [7, 11) is 0. The molecule has 0 amide bonds. The molecule has 10 rings (SSSR count). The molecule has 274 valence electrons. The van der Waals surface area contributed by atoms with Crippen LogP contribution in [-0.2, 0) is 5.41 Å². The van der Waals surface area contributed by atoms with Gasteiger partial charge in [-0.05, 0) is 201 Å². The molecule has 1 nitrogen and oxygen atoms in total. The van der Waals surface area contributed by atoms with Gasteiger partial charge in [0.1, 0.15) is 11.2 Å². The lowest BCUT2D eigenvalue weighted by atomic mass is 9.76. The Hall–Kier alpha value is -5.92. The molecule has 1 aliphatic carbocycles. The van der Waals surface area contributed by atoms with Crippen molar-refractivity contribution in [2.24, 2.45) is 0 Å². The van der Waals surface area contributed by atoms with Gasteiger partial charge < -0.3 is 4.42 Å². The van der Waals surface area contributed by atoms with E-state index in [1.54, 1.807) is 0 Å². The highest BCUT2D eigenvalue weighted by Gasteiger charge is 2.36. The Balaban J connectivity index is 1.28. The van der Waals surface area contributed by atoms with E-state index in [9.17, 15) is 0 Å². The first-order valence-electron chi connectivity index (χ1n) is 20.1. The third-order valence-corrected chi connectivity index (χ3v) is 14.1. The summed E-state index contributed by atoms with van der Waals surface area (Å²) in [6, 6.07) is 40.6. The van der Waals surface area contributed by atoms with E-state index >= 15 is 0 Å². The molecule has 0 saturated heterocycles. The summed E-state index contributed by atoms with van der Waals surface area (Å²) in [4.78, 5) is 0. The van der Waals surface area contributed by atoms with Crippen LogP contribution in [0, 0.1) is 55.4 Å². The SMILES string of the molecule is Cc1c(C)c(C)c2c(-c3ccc4c(c3)C(C)(C)c3ccccc3-4)c3c(C)c(C)c(C)c(C)c3c(-c3ccc(-c4ccc5oc6ccccc6c5c4)cc3)c2c1C.